The van der Waals surface area contributed by atoms with E-state index in [1.54, 1.807) is 30.3 Å². The number of rotatable bonds is 6. The molecule has 2 aromatic carbocycles. The maximum absolute atomic E-state index is 11.6. The number of benzene rings is 2. The van der Waals surface area contributed by atoms with Crippen LogP contribution in [0.4, 0.5) is 0 Å². The lowest BCUT2D eigenvalue weighted by atomic mass is 10.2. The number of carbonyl (C=O) groups excluding carboxylic acids is 1. The second-order valence-corrected chi connectivity index (χ2v) is 5.09. The van der Waals surface area contributed by atoms with Gasteiger partial charge in [-0.15, -0.1) is 0 Å². The van der Waals surface area contributed by atoms with Gasteiger partial charge in [0.25, 0.3) is 5.91 Å². The number of hydrogen-bond donors (Lipinski definition) is 1. The molecule has 1 amide bonds. The van der Waals surface area contributed by atoms with E-state index in [4.69, 9.17) is 21.6 Å². The van der Waals surface area contributed by atoms with Crippen molar-refractivity contribution in [1.29, 1.82) is 5.26 Å². The van der Waals surface area contributed by atoms with E-state index in [-0.39, 0.29) is 6.61 Å². The third-order valence-corrected chi connectivity index (χ3v) is 3.04. The van der Waals surface area contributed by atoms with Crippen LogP contribution in [0, 0.1) is 11.3 Å². The number of hydrazone groups is 1. The van der Waals surface area contributed by atoms with Gasteiger partial charge in [-0.2, -0.15) is 10.4 Å². The molecular weight excluding hydrogens is 326 g/mol. The van der Waals surface area contributed by atoms with Crippen LogP contribution >= 0.6 is 11.6 Å². The minimum atomic E-state index is -0.417. The Morgan fingerprint density at radius 2 is 1.92 bits per heavy atom. The summed E-state index contributed by atoms with van der Waals surface area (Å²) >= 11 is 6.00. The van der Waals surface area contributed by atoms with Gasteiger partial charge in [-0.3, -0.25) is 4.79 Å². The second-order valence-electron chi connectivity index (χ2n) is 4.66. The van der Waals surface area contributed by atoms with Crippen molar-refractivity contribution in [2.45, 2.75) is 0 Å². The summed E-state index contributed by atoms with van der Waals surface area (Å²) < 4.78 is 5.28. The molecule has 0 bridgehead atoms. The van der Waals surface area contributed by atoms with Crippen molar-refractivity contribution in [2.24, 2.45) is 5.10 Å². The van der Waals surface area contributed by atoms with Crippen LogP contribution in [0.15, 0.2) is 64.7 Å². The first-order valence-corrected chi connectivity index (χ1v) is 7.42. The minimum absolute atomic E-state index is 0.191. The van der Waals surface area contributed by atoms with Gasteiger partial charge < -0.3 is 4.74 Å². The van der Waals surface area contributed by atoms with E-state index in [9.17, 15) is 4.79 Å². The maximum Gasteiger partial charge on any atom is 0.277 e. The van der Waals surface area contributed by atoms with Crippen LogP contribution in [-0.4, -0.2) is 18.7 Å². The van der Waals surface area contributed by atoms with E-state index in [0.29, 0.717) is 16.3 Å². The molecule has 0 aliphatic rings. The Labute approximate surface area is 144 Å². The van der Waals surface area contributed by atoms with Crippen molar-refractivity contribution < 1.29 is 9.53 Å². The highest BCUT2D eigenvalue weighted by Gasteiger charge is 2.01. The third kappa shape index (κ3) is 5.95. The molecule has 6 heteroatoms. The molecule has 0 aliphatic heterocycles. The van der Waals surface area contributed by atoms with Gasteiger partial charge in [-0.05, 0) is 35.9 Å². The molecule has 0 saturated heterocycles. The normalized spacial score (nSPS) is 11.1. The van der Waals surface area contributed by atoms with Gasteiger partial charge in [-0.1, -0.05) is 41.9 Å². The number of amides is 1. The number of nitriles is 1. The van der Waals surface area contributed by atoms with Gasteiger partial charge in [0.15, 0.2) is 6.61 Å². The molecule has 0 spiro atoms. The maximum atomic E-state index is 11.6. The fraction of sp³-hybridized carbons (Fsp3) is 0.0556. The Hall–Kier alpha value is -3.10. The van der Waals surface area contributed by atoms with Crippen molar-refractivity contribution in [1.82, 2.24) is 5.43 Å². The highest BCUT2D eigenvalue weighted by Crippen LogP contribution is 2.11. The van der Waals surface area contributed by atoms with Crippen LogP contribution in [0.3, 0.4) is 0 Å². The molecule has 0 aromatic heterocycles. The Balaban J connectivity index is 1.78. The summed E-state index contributed by atoms with van der Waals surface area (Å²) in [4.78, 5) is 11.6. The van der Waals surface area contributed by atoms with Gasteiger partial charge in [0, 0.05) is 0 Å². The SMILES string of the molecule is N#Cc1ccc(OCC(=O)N/N=C\C(Cl)=C\c2ccccc2)cc1. The smallest absolute Gasteiger partial charge is 0.277 e. The summed E-state index contributed by atoms with van der Waals surface area (Å²) in [7, 11) is 0. The Kier molecular flexibility index (Phi) is 6.57. The molecule has 2 rings (SSSR count). The molecule has 1 N–H and O–H groups in total. The number of nitrogens with zero attached hydrogens (tertiary/aromatic N) is 2. The molecule has 0 fully saturated rings. The predicted octanol–water partition coefficient (Wildman–Crippen LogP) is 3.32. The van der Waals surface area contributed by atoms with E-state index in [1.807, 2.05) is 36.4 Å². The van der Waals surface area contributed by atoms with Gasteiger partial charge in [0.2, 0.25) is 0 Å². The molecule has 120 valence electrons. The van der Waals surface area contributed by atoms with Gasteiger partial charge in [-0.25, -0.2) is 5.43 Å². The molecule has 0 atom stereocenters. The highest BCUT2D eigenvalue weighted by atomic mass is 35.5. The van der Waals surface area contributed by atoms with E-state index in [0.717, 1.165) is 5.56 Å². The second kappa shape index (κ2) is 9.13. The fourth-order valence-corrected chi connectivity index (χ4v) is 1.89. The number of carbonyl (C=O) groups is 1. The molecule has 0 unspecified atom stereocenters. The lowest BCUT2D eigenvalue weighted by molar-refractivity contribution is -0.123. The van der Waals surface area contributed by atoms with Crippen molar-refractivity contribution in [3.8, 4) is 11.8 Å². The lowest BCUT2D eigenvalue weighted by Crippen LogP contribution is -2.24. The zero-order valence-electron chi connectivity index (χ0n) is 12.6. The van der Waals surface area contributed by atoms with Gasteiger partial charge in [0.1, 0.15) is 5.75 Å². The Morgan fingerprint density at radius 3 is 2.58 bits per heavy atom. The van der Waals surface area contributed by atoms with Gasteiger partial charge in [0.05, 0.1) is 22.9 Å². The van der Waals surface area contributed by atoms with Gasteiger partial charge >= 0.3 is 0 Å². The Bertz CT molecular complexity index is 778. The van der Waals surface area contributed by atoms with Crippen LogP contribution in [0.2, 0.25) is 0 Å². The number of ether oxygens (including phenoxy) is 1. The van der Waals surface area contributed by atoms with Crippen LogP contribution in [0.5, 0.6) is 5.75 Å². The van der Waals surface area contributed by atoms with Crippen LogP contribution in [0.25, 0.3) is 6.08 Å². The van der Waals surface area contributed by atoms with Crippen LogP contribution < -0.4 is 10.2 Å². The minimum Gasteiger partial charge on any atom is -0.484 e. The quantitative estimate of drug-likeness (QED) is 0.648. The zero-order valence-corrected chi connectivity index (χ0v) is 13.4. The molecule has 0 radical (unpaired) electrons. The van der Waals surface area contributed by atoms with Crippen molar-refractivity contribution in [3.05, 3.63) is 70.8 Å². The van der Waals surface area contributed by atoms with E-state index < -0.39 is 5.91 Å². The fourth-order valence-electron chi connectivity index (χ4n) is 1.72. The highest BCUT2D eigenvalue weighted by molar-refractivity contribution is 6.41. The summed E-state index contributed by atoms with van der Waals surface area (Å²) in [6.07, 6.45) is 3.07. The Morgan fingerprint density at radius 1 is 1.21 bits per heavy atom. The standard InChI is InChI=1S/C18H14ClN3O2/c19-16(10-14-4-2-1-3-5-14)12-21-22-18(23)13-24-17-8-6-15(11-20)7-9-17/h1-10,12H,13H2,(H,22,23)/b16-10-,21-12-. The first kappa shape index (κ1) is 17.3. The molecule has 5 nitrogen and oxygen atoms in total. The largest absolute Gasteiger partial charge is 0.484 e. The van der Waals surface area contributed by atoms with E-state index >= 15 is 0 Å². The summed E-state index contributed by atoms with van der Waals surface area (Å²) in [5.74, 6) is 0.0786. The van der Waals surface area contributed by atoms with Crippen molar-refractivity contribution >= 4 is 29.8 Å². The average molecular weight is 340 g/mol. The van der Waals surface area contributed by atoms with Crippen molar-refractivity contribution in [2.75, 3.05) is 6.61 Å². The molecule has 0 aliphatic carbocycles. The summed E-state index contributed by atoms with van der Waals surface area (Å²) in [6, 6.07) is 18.0. The third-order valence-electron chi connectivity index (χ3n) is 2.83. The summed E-state index contributed by atoms with van der Waals surface area (Å²) in [5.41, 5.74) is 3.78. The first-order valence-electron chi connectivity index (χ1n) is 7.04. The molecule has 0 heterocycles. The monoisotopic (exact) mass is 339 g/mol. The topological polar surface area (TPSA) is 74.5 Å². The predicted molar refractivity (Wildman–Crippen MR) is 93.6 cm³/mol. The first-order chi connectivity index (χ1) is 11.7. The van der Waals surface area contributed by atoms with Crippen LogP contribution in [-0.2, 0) is 4.79 Å². The molecular formula is C18H14ClN3O2. The van der Waals surface area contributed by atoms with Crippen molar-refractivity contribution in [3.63, 3.8) is 0 Å². The number of hydrogen-bond acceptors (Lipinski definition) is 4. The summed E-state index contributed by atoms with van der Waals surface area (Å²) in [6.45, 7) is -0.191. The van der Waals surface area contributed by atoms with E-state index in [1.165, 1.54) is 6.21 Å². The number of halogens is 1. The number of nitrogens with one attached hydrogen (secondary N) is 1. The van der Waals surface area contributed by atoms with Crippen LogP contribution in [0.1, 0.15) is 11.1 Å². The molecule has 0 saturated carbocycles. The summed E-state index contributed by atoms with van der Waals surface area (Å²) in [5, 5.41) is 12.8. The molecule has 2 aromatic rings. The molecule has 24 heavy (non-hydrogen) atoms. The average Bonchev–Trinajstić information content (AvgIpc) is 2.61. The van der Waals surface area contributed by atoms with E-state index in [2.05, 4.69) is 10.5 Å². The zero-order chi connectivity index (χ0) is 17.2. The lowest BCUT2D eigenvalue weighted by Gasteiger charge is -2.04. The number of allylic oxidation sites excluding steroid dienone is 1.